The number of aromatic hydroxyl groups is 1. The topological polar surface area (TPSA) is 35.5 Å². The van der Waals surface area contributed by atoms with Crippen LogP contribution in [0, 0.1) is 0 Å². The summed E-state index contributed by atoms with van der Waals surface area (Å²) in [7, 11) is 0. The Kier molecular flexibility index (Phi) is 2.84. The van der Waals surface area contributed by atoms with Gasteiger partial charge in [-0.25, -0.2) is 0 Å². The highest BCUT2D eigenvalue weighted by atomic mass is 16.3. The second-order valence-corrected chi connectivity index (χ2v) is 5.58. The summed E-state index contributed by atoms with van der Waals surface area (Å²) < 4.78 is 0. The smallest absolute Gasteiger partial charge is 0.117 e. The minimum Gasteiger partial charge on any atom is -0.508 e. The lowest BCUT2D eigenvalue weighted by Gasteiger charge is -2.51. The Morgan fingerprint density at radius 3 is 2.78 bits per heavy atom. The molecule has 1 aromatic rings. The first-order valence-electron chi connectivity index (χ1n) is 7.10. The summed E-state index contributed by atoms with van der Waals surface area (Å²) in [6.07, 6.45) is 6.63. The molecule has 2 aliphatic rings. The monoisotopic (exact) mass is 246 g/mol. The molecule has 1 aromatic carbocycles. The fourth-order valence-corrected chi connectivity index (χ4v) is 3.67. The molecule has 0 saturated heterocycles. The molecule has 0 atom stereocenters. The molecule has 1 aliphatic carbocycles. The normalized spacial score (nSPS) is 21.5. The van der Waals surface area contributed by atoms with E-state index in [1.807, 2.05) is 6.07 Å². The van der Waals surface area contributed by atoms with Crippen molar-refractivity contribution in [3.05, 3.63) is 18.2 Å². The standard InChI is InChI=1S/C15H22N2O/c1-2-17-14-7-6-12(18)10-13(14)16-11-15(17)8-4-3-5-9-15/h6-7,10,16,18H,2-5,8-9,11H2,1H3. The molecule has 0 aromatic heterocycles. The molecule has 1 aliphatic heterocycles. The molecule has 0 radical (unpaired) electrons. The minimum atomic E-state index is 0.303. The van der Waals surface area contributed by atoms with Crippen LogP contribution in [0.2, 0.25) is 0 Å². The van der Waals surface area contributed by atoms with Gasteiger partial charge in [0.25, 0.3) is 0 Å². The van der Waals surface area contributed by atoms with Crippen LogP contribution in [0.1, 0.15) is 39.0 Å². The summed E-state index contributed by atoms with van der Waals surface area (Å²) in [4.78, 5) is 2.55. The van der Waals surface area contributed by atoms with E-state index in [1.165, 1.54) is 37.8 Å². The Bertz CT molecular complexity index is 438. The van der Waals surface area contributed by atoms with Crippen LogP contribution in [0.5, 0.6) is 5.75 Å². The van der Waals surface area contributed by atoms with E-state index in [0.29, 0.717) is 11.3 Å². The predicted octanol–water partition coefficient (Wildman–Crippen LogP) is 3.35. The number of phenolic OH excluding ortho intramolecular Hbond substituents is 1. The summed E-state index contributed by atoms with van der Waals surface area (Å²) in [5.41, 5.74) is 2.63. The van der Waals surface area contributed by atoms with Gasteiger partial charge in [-0.2, -0.15) is 0 Å². The highest BCUT2D eigenvalue weighted by Gasteiger charge is 2.40. The number of nitrogens with one attached hydrogen (secondary N) is 1. The van der Waals surface area contributed by atoms with Crippen LogP contribution in [0.4, 0.5) is 11.4 Å². The van der Waals surface area contributed by atoms with Crippen LogP contribution in [0.25, 0.3) is 0 Å². The fraction of sp³-hybridized carbons (Fsp3) is 0.600. The van der Waals surface area contributed by atoms with E-state index in [9.17, 15) is 5.11 Å². The predicted molar refractivity (Wildman–Crippen MR) is 75.4 cm³/mol. The number of phenols is 1. The largest absolute Gasteiger partial charge is 0.508 e. The molecule has 98 valence electrons. The summed E-state index contributed by atoms with van der Waals surface area (Å²) in [6, 6.07) is 5.69. The molecule has 3 rings (SSSR count). The third kappa shape index (κ3) is 1.73. The Labute approximate surface area is 109 Å². The number of fused-ring (bicyclic) bond motifs is 1. The van der Waals surface area contributed by atoms with Crippen LogP contribution in [0.15, 0.2) is 18.2 Å². The van der Waals surface area contributed by atoms with E-state index < -0.39 is 0 Å². The van der Waals surface area contributed by atoms with Gasteiger partial charge in [-0.05, 0) is 31.9 Å². The van der Waals surface area contributed by atoms with Crippen molar-refractivity contribution < 1.29 is 5.11 Å². The molecule has 1 saturated carbocycles. The Hall–Kier alpha value is -1.38. The second-order valence-electron chi connectivity index (χ2n) is 5.58. The highest BCUT2D eigenvalue weighted by Crippen LogP contribution is 2.44. The molecular weight excluding hydrogens is 224 g/mol. The second kappa shape index (κ2) is 4.38. The van der Waals surface area contributed by atoms with Crippen LogP contribution in [-0.4, -0.2) is 23.7 Å². The maximum Gasteiger partial charge on any atom is 0.117 e. The third-order valence-electron chi connectivity index (χ3n) is 4.55. The Morgan fingerprint density at radius 1 is 1.28 bits per heavy atom. The van der Waals surface area contributed by atoms with Crippen molar-refractivity contribution in [1.29, 1.82) is 0 Å². The first kappa shape index (κ1) is 11.7. The SMILES string of the molecule is CCN1c2ccc(O)cc2NCC12CCCCC2. The van der Waals surface area contributed by atoms with Gasteiger partial charge < -0.3 is 15.3 Å². The van der Waals surface area contributed by atoms with Gasteiger partial charge in [-0.1, -0.05) is 19.3 Å². The number of likely N-dealkylation sites (N-methyl/N-ethyl adjacent to an activating group) is 1. The molecule has 0 unspecified atom stereocenters. The van der Waals surface area contributed by atoms with Crippen LogP contribution < -0.4 is 10.2 Å². The maximum atomic E-state index is 9.59. The number of nitrogens with zero attached hydrogens (tertiary/aromatic N) is 1. The lowest BCUT2D eigenvalue weighted by atomic mass is 9.78. The van der Waals surface area contributed by atoms with Gasteiger partial charge in [0.2, 0.25) is 0 Å². The van der Waals surface area contributed by atoms with Gasteiger partial charge in [0, 0.05) is 19.2 Å². The molecule has 3 heteroatoms. The van der Waals surface area contributed by atoms with E-state index in [1.54, 1.807) is 6.07 Å². The fourth-order valence-electron chi connectivity index (χ4n) is 3.67. The average molecular weight is 246 g/mol. The van der Waals surface area contributed by atoms with Gasteiger partial charge in [0.15, 0.2) is 0 Å². The van der Waals surface area contributed by atoms with Gasteiger partial charge in [0.05, 0.1) is 16.9 Å². The molecule has 3 nitrogen and oxygen atoms in total. The molecule has 2 N–H and O–H groups in total. The zero-order valence-electron chi connectivity index (χ0n) is 11.1. The van der Waals surface area contributed by atoms with E-state index in [-0.39, 0.29) is 0 Å². The van der Waals surface area contributed by atoms with Crippen molar-refractivity contribution in [2.75, 3.05) is 23.3 Å². The van der Waals surface area contributed by atoms with Crippen molar-refractivity contribution in [3.8, 4) is 5.75 Å². The number of hydrogen-bond donors (Lipinski definition) is 2. The minimum absolute atomic E-state index is 0.303. The van der Waals surface area contributed by atoms with Crippen LogP contribution in [-0.2, 0) is 0 Å². The summed E-state index contributed by atoms with van der Waals surface area (Å²) in [5.74, 6) is 0.344. The quantitative estimate of drug-likeness (QED) is 0.797. The van der Waals surface area contributed by atoms with E-state index in [2.05, 4.69) is 23.2 Å². The van der Waals surface area contributed by atoms with Crippen molar-refractivity contribution >= 4 is 11.4 Å². The van der Waals surface area contributed by atoms with E-state index in [0.717, 1.165) is 18.8 Å². The number of benzene rings is 1. The van der Waals surface area contributed by atoms with E-state index in [4.69, 9.17) is 0 Å². The zero-order chi connectivity index (χ0) is 12.6. The summed E-state index contributed by atoms with van der Waals surface area (Å²) >= 11 is 0. The van der Waals surface area contributed by atoms with Gasteiger partial charge in [-0.15, -0.1) is 0 Å². The molecule has 1 heterocycles. The van der Waals surface area contributed by atoms with Gasteiger partial charge in [0.1, 0.15) is 5.75 Å². The molecule has 1 fully saturated rings. The number of anilines is 2. The first-order chi connectivity index (χ1) is 8.75. The zero-order valence-corrected chi connectivity index (χ0v) is 11.1. The Balaban J connectivity index is 2.00. The molecule has 0 amide bonds. The number of rotatable bonds is 1. The molecule has 0 bridgehead atoms. The maximum absolute atomic E-state index is 9.59. The average Bonchev–Trinajstić information content (AvgIpc) is 2.40. The Morgan fingerprint density at radius 2 is 2.06 bits per heavy atom. The lowest BCUT2D eigenvalue weighted by Crippen LogP contribution is -2.57. The van der Waals surface area contributed by atoms with Crippen molar-refractivity contribution in [2.45, 2.75) is 44.6 Å². The van der Waals surface area contributed by atoms with Crippen molar-refractivity contribution in [2.24, 2.45) is 0 Å². The summed E-state index contributed by atoms with van der Waals surface area (Å²) in [5, 5.41) is 13.1. The molecular formula is C15H22N2O. The molecule has 18 heavy (non-hydrogen) atoms. The highest BCUT2D eigenvalue weighted by molar-refractivity contribution is 5.75. The van der Waals surface area contributed by atoms with Crippen LogP contribution in [0.3, 0.4) is 0 Å². The third-order valence-corrected chi connectivity index (χ3v) is 4.55. The van der Waals surface area contributed by atoms with Crippen molar-refractivity contribution in [1.82, 2.24) is 0 Å². The number of hydrogen-bond acceptors (Lipinski definition) is 3. The lowest BCUT2D eigenvalue weighted by molar-refractivity contribution is 0.285. The van der Waals surface area contributed by atoms with Gasteiger partial charge >= 0.3 is 0 Å². The van der Waals surface area contributed by atoms with Crippen LogP contribution >= 0.6 is 0 Å². The van der Waals surface area contributed by atoms with E-state index >= 15 is 0 Å². The summed E-state index contributed by atoms with van der Waals surface area (Å²) in [6.45, 7) is 4.29. The first-order valence-corrected chi connectivity index (χ1v) is 7.10. The van der Waals surface area contributed by atoms with Crippen molar-refractivity contribution in [3.63, 3.8) is 0 Å². The van der Waals surface area contributed by atoms with Gasteiger partial charge in [-0.3, -0.25) is 0 Å². The molecule has 1 spiro atoms.